The molecule has 0 spiro atoms. The van der Waals surface area contributed by atoms with Crippen LogP contribution in [0.2, 0.25) is 0 Å². The molecule has 74 valence electrons. The first-order valence-corrected chi connectivity index (χ1v) is 3.76. The molecule has 0 radical (unpaired) electrons. The summed E-state index contributed by atoms with van der Waals surface area (Å²) >= 11 is 0. The van der Waals surface area contributed by atoms with E-state index in [2.05, 4.69) is 5.10 Å². The van der Waals surface area contributed by atoms with Gasteiger partial charge in [-0.05, 0) is 0 Å². The van der Waals surface area contributed by atoms with Crippen molar-refractivity contribution in [2.24, 2.45) is 12.8 Å². The van der Waals surface area contributed by atoms with Crippen molar-refractivity contribution in [3.63, 3.8) is 0 Å². The maximum absolute atomic E-state index is 12.3. The number of nitrogens with zero attached hydrogens (tertiary/aromatic N) is 2. The molecular formula is C7H11F2N3O. The van der Waals surface area contributed by atoms with Crippen molar-refractivity contribution in [3.8, 4) is 0 Å². The van der Waals surface area contributed by atoms with Crippen molar-refractivity contribution in [1.82, 2.24) is 9.78 Å². The normalized spacial score (nSPS) is 13.7. The van der Waals surface area contributed by atoms with Crippen molar-refractivity contribution < 1.29 is 13.9 Å². The highest BCUT2D eigenvalue weighted by Gasteiger charge is 2.21. The van der Waals surface area contributed by atoms with Gasteiger partial charge in [-0.2, -0.15) is 5.10 Å². The molecule has 0 aromatic carbocycles. The van der Waals surface area contributed by atoms with Crippen LogP contribution in [0.3, 0.4) is 0 Å². The van der Waals surface area contributed by atoms with Gasteiger partial charge in [-0.1, -0.05) is 0 Å². The molecule has 0 amide bonds. The second-order valence-corrected chi connectivity index (χ2v) is 2.70. The number of halogens is 2. The summed E-state index contributed by atoms with van der Waals surface area (Å²) in [6.45, 7) is -0.0919. The molecule has 0 fully saturated rings. The number of rotatable bonds is 3. The van der Waals surface area contributed by atoms with Crippen LogP contribution in [0.15, 0.2) is 6.20 Å². The summed E-state index contributed by atoms with van der Waals surface area (Å²) in [5.41, 5.74) is 4.85. The highest BCUT2D eigenvalue weighted by molar-refractivity contribution is 5.21. The van der Waals surface area contributed by atoms with Gasteiger partial charge >= 0.3 is 0 Å². The van der Waals surface area contributed by atoms with Gasteiger partial charge in [0.1, 0.15) is 5.69 Å². The molecule has 0 unspecified atom stereocenters. The number of nitrogens with two attached hydrogens (primary N) is 1. The Bertz CT molecular complexity index is 287. The molecule has 6 heteroatoms. The molecule has 1 aromatic heterocycles. The molecule has 0 aliphatic heterocycles. The van der Waals surface area contributed by atoms with E-state index >= 15 is 0 Å². The maximum Gasteiger partial charge on any atom is 0.282 e. The minimum absolute atomic E-state index is 0.0919. The van der Waals surface area contributed by atoms with Gasteiger partial charge in [0.05, 0.1) is 6.10 Å². The number of aliphatic hydroxyl groups is 1. The Kier molecular flexibility index (Phi) is 2.94. The summed E-state index contributed by atoms with van der Waals surface area (Å²) in [6.07, 6.45) is -2.41. The quantitative estimate of drug-likeness (QED) is 0.724. The van der Waals surface area contributed by atoms with Gasteiger partial charge < -0.3 is 10.8 Å². The molecule has 0 saturated carbocycles. The summed E-state index contributed by atoms with van der Waals surface area (Å²) in [5, 5.41) is 12.8. The number of aryl methyl sites for hydroxylation is 1. The van der Waals surface area contributed by atoms with Crippen LogP contribution in [0.5, 0.6) is 0 Å². The Labute approximate surface area is 74.0 Å². The van der Waals surface area contributed by atoms with Crippen molar-refractivity contribution in [1.29, 1.82) is 0 Å². The summed E-state index contributed by atoms with van der Waals surface area (Å²) in [5.74, 6) is 0. The second kappa shape index (κ2) is 3.80. The molecule has 3 N–H and O–H groups in total. The zero-order valence-electron chi connectivity index (χ0n) is 7.11. The highest BCUT2D eigenvalue weighted by Crippen LogP contribution is 2.25. The Morgan fingerprint density at radius 2 is 2.31 bits per heavy atom. The van der Waals surface area contributed by atoms with Crippen LogP contribution in [-0.2, 0) is 7.05 Å². The van der Waals surface area contributed by atoms with E-state index in [1.54, 1.807) is 0 Å². The van der Waals surface area contributed by atoms with Gasteiger partial charge in [-0.25, -0.2) is 8.78 Å². The third-order valence-corrected chi connectivity index (χ3v) is 1.68. The van der Waals surface area contributed by atoms with Crippen LogP contribution >= 0.6 is 0 Å². The second-order valence-electron chi connectivity index (χ2n) is 2.70. The van der Waals surface area contributed by atoms with E-state index in [0.717, 1.165) is 0 Å². The van der Waals surface area contributed by atoms with Gasteiger partial charge in [0.2, 0.25) is 0 Å². The van der Waals surface area contributed by atoms with Crippen molar-refractivity contribution in [2.75, 3.05) is 6.54 Å². The predicted octanol–water partition coefficient (Wildman–Crippen LogP) is 0.350. The lowest BCUT2D eigenvalue weighted by molar-refractivity contribution is 0.133. The Balaban J connectivity index is 3.04. The number of hydrogen-bond acceptors (Lipinski definition) is 3. The Morgan fingerprint density at radius 3 is 2.77 bits per heavy atom. The predicted molar refractivity (Wildman–Crippen MR) is 42.2 cm³/mol. The van der Waals surface area contributed by atoms with Crippen LogP contribution in [0.25, 0.3) is 0 Å². The molecule has 1 heterocycles. The minimum atomic E-state index is -2.68. The number of aliphatic hydroxyl groups excluding tert-OH is 1. The van der Waals surface area contributed by atoms with E-state index in [1.165, 1.54) is 17.9 Å². The minimum Gasteiger partial charge on any atom is -0.387 e. The molecular weight excluding hydrogens is 180 g/mol. The lowest BCUT2D eigenvalue weighted by Gasteiger charge is -2.06. The first-order valence-electron chi connectivity index (χ1n) is 3.76. The largest absolute Gasteiger partial charge is 0.387 e. The summed E-state index contributed by atoms with van der Waals surface area (Å²) < 4.78 is 25.9. The van der Waals surface area contributed by atoms with Gasteiger partial charge in [-0.15, -0.1) is 0 Å². The zero-order valence-corrected chi connectivity index (χ0v) is 7.11. The molecule has 1 rings (SSSR count). The van der Waals surface area contributed by atoms with Crippen LogP contribution in [-0.4, -0.2) is 21.4 Å². The Morgan fingerprint density at radius 1 is 1.69 bits per heavy atom. The first-order chi connectivity index (χ1) is 6.06. The van der Waals surface area contributed by atoms with Gasteiger partial charge in [0.15, 0.2) is 0 Å². The van der Waals surface area contributed by atoms with E-state index < -0.39 is 18.2 Å². The smallest absolute Gasteiger partial charge is 0.282 e. The molecule has 13 heavy (non-hydrogen) atoms. The van der Waals surface area contributed by atoms with Crippen molar-refractivity contribution >= 4 is 0 Å². The average Bonchev–Trinajstić information content (AvgIpc) is 2.46. The number of aromatic nitrogens is 2. The third kappa shape index (κ3) is 2.02. The molecule has 0 bridgehead atoms. The van der Waals surface area contributed by atoms with Gasteiger partial charge in [0.25, 0.3) is 6.43 Å². The highest BCUT2D eigenvalue weighted by atomic mass is 19.3. The number of alkyl halides is 2. The van der Waals surface area contributed by atoms with Crippen LogP contribution in [0.4, 0.5) is 8.78 Å². The maximum atomic E-state index is 12.3. The average molecular weight is 191 g/mol. The third-order valence-electron chi connectivity index (χ3n) is 1.68. The number of hydrogen-bond donors (Lipinski definition) is 2. The van der Waals surface area contributed by atoms with Crippen LogP contribution < -0.4 is 5.73 Å². The van der Waals surface area contributed by atoms with Crippen molar-refractivity contribution in [2.45, 2.75) is 12.5 Å². The van der Waals surface area contributed by atoms with Crippen molar-refractivity contribution in [3.05, 3.63) is 17.5 Å². The van der Waals surface area contributed by atoms with Gasteiger partial charge in [0, 0.05) is 25.4 Å². The summed E-state index contributed by atoms with van der Waals surface area (Å²) in [7, 11) is 1.51. The van der Waals surface area contributed by atoms with E-state index in [9.17, 15) is 13.9 Å². The molecule has 0 saturated heterocycles. The zero-order chi connectivity index (χ0) is 10.0. The first kappa shape index (κ1) is 10.1. The van der Waals surface area contributed by atoms with Crippen LogP contribution in [0.1, 0.15) is 23.8 Å². The lowest BCUT2D eigenvalue weighted by Crippen LogP contribution is -2.12. The Hall–Kier alpha value is -1.01. The molecule has 1 atom stereocenters. The summed E-state index contributed by atoms with van der Waals surface area (Å²) in [4.78, 5) is 0. The van der Waals surface area contributed by atoms with E-state index in [0.29, 0.717) is 0 Å². The monoisotopic (exact) mass is 191 g/mol. The van der Waals surface area contributed by atoms with Crippen LogP contribution in [0, 0.1) is 0 Å². The van der Waals surface area contributed by atoms with E-state index in [-0.39, 0.29) is 12.1 Å². The SMILES string of the molecule is Cn1cc([C@@H](O)CN)c(C(F)F)n1. The fourth-order valence-corrected chi connectivity index (χ4v) is 1.08. The topological polar surface area (TPSA) is 64.1 Å². The fraction of sp³-hybridized carbons (Fsp3) is 0.571. The van der Waals surface area contributed by atoms with Gasteiger partial charge in [-0.3, -0.25) is 4.68 Å². The molecule has 4 nitrogen and oxygen atoms in total. The summed E-state index contributed by atoms with van der Waals surface area (Å²) in [6, 6.07) is 0. The molecule has 0 aliphatic rings. The molecule has 1 aromatic rings. The fourth-order valence-electron chi connectivity index (χ4n) is 1.08. The molecule has 0 aliphatic carbocycles. The lowest BCUT2D eigenvalue weighted by atomic mass is 10.1. The van der Waals surface area contributed by atoms with E-state index in [4.69, 9.17) is 5.73 Å². The standard InChI is InChI=1S/C7H11F2N3O/c1-12-3-4(5(13)2-10)6(11-12)7(8)9/h3,5,7,13H,2,10H2,1H3/t5-/m0/s1. The van der Waals surface area contributed by atoms with E-state index in [1.807, 2.05) is 0 Å².